The van der Waals surface area contributed by atoms with Crippen LogP contribution in [0.15, 0.2) is 16.9 Å². The minimum atomic E-state index is -0.497. The fourth-order valence-corrected chi connectivity index (χ4v) is 2.09. The molecule has 1 unspecified atom stereocenters. The van der Waals surface area contributed by atoms with Gasteiger partial charge in [0.15, 0.2) is 5.88 Å². The third kappa shape index (κ3) is 3.33. The Bertz CT molecular complexity index is 512. The Labute approximate surface area is 110 Å². The SMILES string of the molecule is CNCC1CN(C(=O)c2cc(O)[nH]c(=O)c2)CCO1. The second-order valence-electron chi connectivity index (χ2n) is 4.42. The van der Waals surface area contributed by atoms with Crippen molar-refractivity contribution in [1.82, 2.24) is 15.2 Å². The molecule has 1 aromatic heterocycles. The Morgan fingerprint density at radius 1 is 1.63 bits per heavy atom. The number of carbonyl (C=O) groups excluding carboxylic acids is 1. The molecule has 1 amide bonds. The predicted octanol–water partition coefficient (Wildman–Crippen LogP) is -0.859. The first-order chi connectivity index (χ1) is 9.10. The van der Waals surface area contributed by atoms with Gasteiger partial charge in [-0.1, -0.05) is 0 Å². The van der Waals surface area contributed by atoms with Crippen LogP contribution in [-0.4, -0.2) is 60.3 Å². The molecule has 0 bridgehead atoms. The third-order valence-corrected chi connectivity index (χ3v) is 2.93. The molecule has 1 aromatic rings. The molecular weight excluding hydrogens is 250 g/mol. The number of amides is 1. The normalized spacial score (nSPS) is 19.4. The molecule has 2 heterocycles. The van der Waals surface area contributed by atoms with Crippen molar-refractivity contribution in [3.8, 4) is 5.88 Å². The van der Waals surface area contributed by atoms with E-state index in [9.17, 15) is 14.7 Å². The van der Waals surface area contributed by atoms with Gasteiger partial charge in [-0.25, -0.2) is 0 Å². The zero-order chi connectivity index (χ0) is 13.8. The summed E-state index contributed by atoms with van der Waals surface area (Å²) in [5.41, 5.74) is -0.310. The minimum Gasteiger partial charge on any atom is -0.494 e. The van der Waals surface area contributed by atoms with E-state index in [1.54, 1.807) is 4.90 Å². The Morgan fingerprint density at radius 2 is 2.42 bits per heavy atom. The van der Waals surface area contributed by atoms with Crippen molar-refractivity contribution in [2.24, 2.45) is 0 Å². The van der Waals surface area contributed by atoms with E-state index >= 15 is 0 Å². The number of aromatic hydroxyl groups is 1. The van der Waals surface area contributed by atoms with Crippen molar-refractivity contribution in [2.45, 2.75) is 6.10 Å². The molecule has 104 valence electrons. The van der Waals surface area contributed by atoms with E-state index in [2.05, 4.69) is 10.3 Å². The highest BCUT2D eigenvalue weighted by molar-refractivity contribution is 5.94. The van der Waals surface area contributed by atoms with Gasteiger partial charge in [-0.05, 0) is 7.05 Å². The topological polar surface area (TPSA) is 94.7 Å². The number of likely N-dealkylation sites (N-methyl/N-ethyl adjacent to an activating group) is 1. The summed E-state index contributed by atoms with van der Waals surface area (Å²) in [6.07, 6.45) is -0.0571. The first-order valence-corrected chi connectivity index (χ1v) is 6.09. The van der Waals surface area contributed by atoms with Crippen LogP contribution in [0.5, 0.6) is 5.88 Å². The van der Waals surface area contributed by atoms with Gasteiger partial charge in [-0.3, -0.25) is 14.6 Å². The second-order valence-corrected chi connectivity index (χ2v) is 4.42. The number of H-pyrrole nitrogens is 1. The van der Waals surface area contributed by atoms with Crippen LogP contribution >= 0.6 is 0 Å². The van der Waals surface area contributed by atoms with E-state index in [-0.39, 0.29) is 23.5 Å². The van der Waals surface area contributed by atoms with Gasteiger partial charge >= 0.3 is 0 Å². The Balaban J connectivity index is 2.12. The van der Waals surface area contributed by atoms with Crippen LogP contribution in [0.2, 0.25) is 0 Å². The van der Waals surface area contributed by atoms with Crippen molar-refractivity contribution in [3.63, 3.8) is 0 Å². The van der Waals surface area contributed by atoms with Gasteiger partial charge < -0.3 is 20.1 Å². The summed E-state index contributed by atoms with van der Waals surface area (Å²) in [6.45, 7) is 2.07. The molecule has 0 aliphatic carbocycles. The van der Waals surface area contributed by atoms with Gasteiger partial charge in [0.1, 0.15) is 0 Å². The van der Waals surface area contributed by atoms with E-state index < -0.39 is 5.56 Å². The summed E-state index contributed by atoms with van der Waals surface area (Å²) in [5, 5.41) is 12.3. The van der Waals surface area contributed by atoms with Crippen molar-refractivity contribution in [3.05, 3.63) is 28.0 Å². The Hall–Kier alpha value is -1.86. The van der Waals surface area contributed by atoms with Gasteiger partial charge in [-0.2, -0.15) is 0 Å². The van der Waals surface area contributed by atoms with Gasteiger partial charge in [-0.15, -0.1) is 0 Å². The van der Waals surface area contributed by atoms with E-state index in [1.165, 1.54) is 12.1 Å². The molecule has 1 atom stereocenters. The number of hydrogen-bond donors (Lipinski definition) is 3. The number of carbonyl (C=O) groups is 1. The summed E-state index contributed by atoms with van der Waals surface area (Å²) in [6, 6.07) is 2.44. The number of ether oxygens (including phenoxy) is 1. The monoisotopic (exact) mass is 267 g/mol. The van der Waals surface area contributed by atoms with Gasteiger partial charge in [0.05, 0.1) is 18.3 Å². The van der Waals surface area contributed by atoms with Crippen LogP contribution in [0.25, 0.3) is 0 Å². The predicted molar refractivity (Wildman–Crippen MR) is 68.3 cm³/mol. The van der Waals surface area contributed by atoms with Gasteiger partial charge in [0, 0.05) is 31.8 Å². The maximum atomic E-state index is 12.2. The van der Waals surface area contributed by atoms with E-state index in [1.807, 2.05) is 7.05 Å². The molecule has 3 N–H and O–H groups in total. The van der Waals surface area contributed by atoms with E-state index in [0.29, 0.717) is 26.2 Å². The number of aromatic nitrogens is 1. The highest BCUT2D eigenvalue weighted by Crippen LogP contribution is 2.11. The number of nitrogens with zero attached hydrogens (tertiary/aromatic N) is 1. The highest BCUT2D eigenvalue weighted by atomic mass is 16.5. The summed E-state index contributed by atoms with van der Waals surface area (Å²) >= 11 is 0. The lowest BCUT2D eigenvalue weighted by Gasteiger charge is -2.32. The standard InChI is InChI=1S/C12H17N3O4/c1-13-6-9-7-15(2-3-19-9)12(18)8-4-10(16)14-11(17)5-8/h4-5,9,13H,2-3,6-7H2,1H3,(H2,14,16,17). The molecule has 0 aromatic carbocycles. The number of pyridine rings is 1. The molecule has 1 aliphatic rings. The van der Waals surface area contributed by atoms with E-state index in [0.717, 1.165) is 0 Å². The van der Waals surface area contributed by atoms with Crippen LogP contribution in [0.1, 0.15) is 10.4 Å². The average molecular weight is 267 g/mol. The van der Waals surface area contributed by atoms with Crippen LogP contribution in [0.4, 0.5) is 0 Å². The van der Waals surface area contributed by atoms with Crippen LogP contribution in [-0.2, 0) is 4.74 Å². The summed E-state index contributed by atoms with van der Waals surface area (Å²) in [4.78, 5) is 27.3. The number of nitrogens with one attached hydrogen (secondary N) is 2. The molecule has 19 heavy (non-hydrogen) atoms. The van der Waals surface area contributed by atoms with Gasteiger partial charge in [0.2, 0.25) is 0 Å². The minimum absolute atomic E-state index is 0.0571. The van der Waals surface area contributed by atoms with Crippen LogP contribution in [0, 0.1) is 0 Å². The molecule has 1 fully saturated rings. The molecule has 1 aliphatic heterocycles. The Morgan fingerprint density at radius 3 is 3.11 bits per heavy atom. The Kier molecular flexibility index (Phi) is 4.18. The fourth-order valence-electron chi connectivity index (χ4n) is 2.09. The maximum Gasteiger partial charge on any atom is 0.254 e. The van der Waals surface area contributed by atoms with Gasteiger partial charge in [0.25, 0.3) is 11.5 Å². The lowest BCUT2D eigenvalue weighted by molar-refractivity contribution is -0.0196. The first kappa shape index (κ1) is 13.6. The lowest BCUT2D eigenvalue weighted by atomic mass is 10.2. The lowest BCUT2D eigenvalue weighted by Crippen LogP contribution is -2.48. The van der Waals surface area contributed by atoms with Crippen molar-refractivity contribution < 1.29 is 14.6 Å². The maximum absolute atomic E-state index is 12.2. The highest BCUT2D eigenvalue weighted by Gasteiger charge is 2.25. The van der Waals surface area contributed by atoms with Crippen molar-refractivity contribution in [1.29, 1.82) is 0 Å². The largest absolute Gasteiger partial charge is 0.494 e. The van der Waals surface area contributed by atoms with Crippen LogP contribution < -0.4 is 10.9 Å². The van der Waals surface area contributed by atoms with E-state index in [4.69, 9.17) is 4.74 Å². The third-order valence-electron chi connectivity index (χ3n) is 2.93. The summed E-state index contributed by atoms with van der Waals surface area (Å²) in [5.74, 6) is -0.582. The van der Waals surface area contributed by atoms with Crippen molar-refractivity contribution >= 4 is 5.91 Å². The average Bonchev–Trinajstić information content (AvgIpc) is 2.37. The number of morpholine rings is 1. The number of rotatable bonds is 3. The van der Waals surface area contributed by atoms with Crippen LogP contribution in [0.3, 0.4) is 0 Å². The zero-order valence-electron chi connectivity index (χ0n) is 10.7. The first-order valence-electron chi connectivity index (χ1n) is 6.09. The molecule has 7 heteroatoms. The molecule has 0 spiro atoms. The molecule has 0 saturated carbocycles. The van der Waals surface area contributed by atoms with Crippen molar-refractivity contribution in [2.75, 3.05) is 33.3 Å². The second kappa shape index (κ2) is 5.85. The fraction of sp³-hybridized carbons (Fsp3) is 0.500. The molecule has 1 saturated heterocycles. The molecule has 2 rings (SSSR count). The summed E-state index contributed by atoms with van der Waals surface area (Å²) in [7, 11) is 1.82. The zero-order valence-corrected chi connectivity index (χ0v) is 10.7. The molecule has 0 radical (unpaired) electrons. The molecular formula is C12H17N3O4. The number of hydrogen-bond acceptors (Lipinski definition) is 5. The number of aromatic amines is 1. The smallest absolute Gasteiger partial charge is 0.254 e. The summed E-state index contributed by atoms with van der Waals surface area (Å²) < 4.78 is 5.51. The quantitative estimate of drug-likeness (QED) is 0.662. The molecule has 7 nitrogen and oxygen atoms in total.